The van der Waals surface area contributed by atoms with E-state index in [-0.39, 0.29) is 0 Å². The fraction of sp³-hybridized carbons (Fsp3) is 0.524. The van der Waals surface area contributed by atoms with Crippen LogP contribution in [0.25, 0.3) is 0 Å². The van der Waals surface area contributed by atoms with Gasteiger partial charge in [0.15, 0.2) is 0 Å². The van der Waals surface area contributed by atoms with Crippen LogP contribution >= 0.6 is 0 Å². The molecule has 0 spiro atoms. The molecule has 5 heteroatoms. The summed E-state index contributed by atoms with van der Waals surface area (Å²) in [6.45, 7) is 7.77. The van der Waals surface area contributed by atoms with Crippen molar-refractivity contribution in [3.8, 4) is 0 Å². The van der Waals surface area contributed by atoms with Crippen LogP contribution in [0.1, 0.15) is 64.9 Å². The van der Waals surface area contributed by atoms with E-state index in [0.29, 0.717) is 11.4 Å². The van der Waals surface area contributed by atoms with Gasteiger partial charge in [0.2, 0.25) is 0 Å². The number of hydrogen-bond acceptors (Lipinski definition) is 2. The Morgan fingerprint density at radius 1 is 1.00 bits per heavy atom. The molecule has 0 aromatic heterocycles. The fourth-order valence-corrected chi connectivity index (χ4v) is 3.74. The molecule has 0 bridgehead atoms. The summed E-state index contributed by atoms with van der Waals surface area (Å²) < 4.78 is 38.3. The van der Waals surface area contributed by atoms with Gasteiger partial charge in [-0.1, -0.05) is 35.9 Å². The molecule has 1 heterocycles. The van der Waals surface area contributed by atoms with Gasteiger partial charge in [0.05, 0.1) is 11.2 Å². The summed E-state index contributed by atoms with van der Waals surface area (Å²) in [4.78, 5) is 0. The Hall–Kier alpha value is -1.46. The van der Waals surface area contributed by atoms with Crippen molar-refractivity contribution in [3.63, 3.8) is 0 Å². The maximum absolute atomic E-state index is 13.1. The van der Waals surface area contributed by atoms with Crippen molar-refractivity contribution in [2.45, 2.75) is 70.5 Å². The topological polar surface area (TPSA) is 18.5 Å². The Labute approximate surface area is 155 Å². The third-order valence-corrected chi connectivity index (χ3v) is 6.04. The summed E-state index contributed by atoms with van der Waals surface area (Å²) in [6.07, 6.45) is 2.76. The van der Waals surface area contributed by atoms with Gasteiger partial charge in [0, 0.05) is 6.08 Å². The van der Waals surface area contributed by atoms with Crippen LogP contribution in [-0.2, 0) is 9.31 Å². The Kier molecular flexibility index (Phi) is 5.41. The molecule has 2 nitrogen and oxygen atoms in total. The highest BCUT2D eigenvalue weighted by Crippen LogP contribution is 2.42. The molecule has 2 fully saturated rings. The smallest absolute Gasteiger partial charge is 0.399 e. The first-order valence-electron chi connectivity index (χ1n) is 9.35. The van der Waals surface area contributed by atoms with Crippen molar-refractivity contribution in [3.05, 3.63) is 59.1 Å². The standard InChI is InChI=1S/C21H27BF2O2/c1-20(2)21(3,4)26-22(25-20)18(14-19(23)24)17-12-10-16(11-13-17)15-8-6-5-7-9-15/h5-9,14,16H,10-13H2,1-4H3. The van der Waals surface area contributed by atoms with Gasteiger partial charge in [-0.25, -0.2) is 0 Å². The Morgan fingerprint density at radius 2 is 1.54 bits per heavy atom. The van der Waals surface area contributed by atoms with Crippen molar-refractivity contribution in [2.24, 2.45) is 0 Å². The molecule has 0 unspecified atom stereocenters. The summed E-state index contributed by atoms with van der Waals surface area (Å²) in [6, 6.07) is 10.4. The quantitative estimate of drug-likeness (QED) is 0.611. The number of halogens is 2. The molecule has 0 radical (unpaired) electrons. The summed E-state index contributed by atoms with van der Waals surface area (Å²) in [5.74, 6) is 0.485. The van der Waals surface area contributed by atoms with Gasteiger partial charge in [-0.3, -0.25) is 0 Å². The maximum atomic E-state index is 13.1. The van der Waals surface area contributed by atoms with E-state index in [1.165, 1.54) is 5.56 Å². The molecule has 1 aliphatic carbocycles. The van der Waals surface area contributed by atoms with Crippen LogP contribution in [0, 0.1) is 0 Å². The molecule has 1 saturated heterocycles. The number of hydrogen-bond donors (Lipinski definition) is 0. The lowest BCUT2D eigenvalue weighted by molar-refractivity contribution is 0.00578. The van der Waals surface area contributed by atoms with Crippen LogP contribution in [-0.4, -0.2) is 18.3 Å². The Morgan fingerprint density at radius 3 is 2.04 bits per heavy atom. The zero-order chi connectivity index (χ0) is 18.9. The van der Waals surface area contributed by atoms with Crippen LogP contribution in [0.5, 0.6) is 0 Å². The van der Waals surface area contributed by atoms with Gasteiger partial charge in [0.25, 0.3) is 6.08 Å². The second kappa shape index (κ2) is 7.28. The van der Waals surface area contributed by atoms with Crippen molar-refractivity contribution in [1.82, 2.24) is 0 Å². The predicted octanol–water partition coefficient (Wildman–Crippen LogP) is 6.05. The maximum Gasteiger partial charge on any atom is 0.494 e. The lowest BCUT2D eigenvalue weighted by atomic mass is 9.70. The van der Waals surface area contributed by atoms with Crippen LogP contribution in [0.2, 0.25) is 0 Å². The summed E-state index contributed by atoms with van der Waals surface area (Å²) in [5, 5.41) is 0. The average Bonchev–Trinajstić information content (AvgIpc) is 2.81. The number of allylic oxidation sites excluding steroid dienone is 3. The molecule has 0 atom stereocenters. The zero-order valence-electron chi connectivity index (χ0n) is 16.0. The van der Waals surface area contributed by atoms with Crippen LogP contribution < -0.4 is 0 Å². The molecule has 1 saturated carbocycles. The molecular formula is C21H27BF2O2. The van der Waals surface area contributed by atoms with Crippen LogP contribution in [0.15, 0.2) is 53.5 Å². The first-order valence-corrected chi connectivity index (χ1v) is 9.35. The van der Waals surface area contributed by atoms with Gasteiger partial charge >= 0.3 is 7.12 Å². The van der Waals surface area contributed by atoms with E-state index < -0.39 is 24.4 Å². The normalized spacial score (nSPS) is 24.5. The average molecular weight is 360 g/mol. The van der Waals surface area contributed by atoms with E-state index in [0.717, 1.165) is 37.3 Å². The van der Waals surface area contributed by atoms with Crippen LogP contribution in [0.3, 0.4) is 0 Å². The highest BCUT2D eigenvalue weighted by atomic mass is 19.3. The summed E-state index contributed by atoms with van der Waals surface area (Å²) in [5.41, 5.74) is 1.80. The summed E-state index contributed by atoms with van der Waals surface area (Å²) >= 11 is 0. The van der Waals surface area contributed by atoms with Crippen molar-refractivity contribution < 1.29 is 18.1 Å². The van der Waals surface area contributed by atoms with Crippen LogP contribution in [0.4, 0.5) is 8.78 Å². The summed E-state index contributed by atoms with van der Waals surface area (Å²) in [7, 11) is -0.732. The zero-order valence-corrected chi connectivity index (χ0v) is 16.0. The van der Waals surface area contributed by atoms with Gasteiger partial charge in [0.1, 0.15) is 0 Å². The van der Waals surface area contributed by atoms with E-state index in [2.05, 4.69) is 24.3 Å². The van der Waals surface area contributed by atoms with Crippen molar-refractivity contribution in [2.75, 3.05) is 0 Å². The molecule has 0 amide bonds. The Balaban J connectivity index is 1.82. The third-order valence-electron chi connectivity index (χ3n) is 6.04. The molecule has 140 valence electrons. The largest absolute Gasteiger partial charge is 0.494 e. The predicted molar refractivity (Wildman–Crippen MR) is 101 cm³/mol. The Bertz CT molecular complexity index is 680. The van der Waals surface area contributed by atoms with Crippen molar-refractivity contribution in [1.29, 1.82) is 0 Å². The lowest BCUT2D eigenvalue weighted by Crippen LogP contribution is -2.41. The molecule has 1 aromatic carbocycles. The molecule has 26 heavy (non-hydrogen) atoms. The van der Waals surface area contributed by atoms with Gasteiger partial charge in [-0.15, -0.1) is 0 Å². The van der Waals surface area contributed by atoms with E-state index in [9.17, 15) is 8.78 Å². The molecule has 1 aliphatic heterocycles. The highest BCUT2D eigenvalue weighted by molar-refractivity contribution is 6.55. The first-order chi connectivity index (χ1) is 12.2. The molecular weight excluding hydrogens is 333 g/mol. The van der Waals surface area contributed by atoms with E-state index in [1.807, 2.05) is 33.8 Å². The highest BCUT2D eigenvalue weighted by Gasteiger charge is 2.52. The lowest BCUT2D eigenvalue weighted by Gasteiger charge is -2.32. The van der Waals surface area contributed by atoms with Gasteiger partial charge < -0.3 is 9.31 Å². The van der Waals surface area contributed by atoms with Gasteiger partial charge in [-0.2, -0.15) is 8.78 Å². The third kappa shape index (κ3) is 3.94. The number of benzene rings is 1. The fourth-order valence-electron chi connectivity index (χ4n) is 3.74. The first kappa shape index (κ1) is 19.3. The number of rotatable bonds is 3. The van der Waals surface area contributed by atoms with E-state index in [1.54, 1.807) is 0 Å². The van der Waals surface area contributed by atoms with E-state index >= 15 is 0 Å². The monoisotopic (exact) mass is 360 g/mol. The second-order valence-corrected chi connectivity index (χ2v) is 8.27. The second-order valence-electron chi connectivity index (χ2n) is 8.27. The minimum absolute atomic E-state index is 0.485. The SMILES string of the molecule is CC1(C)OB(C(C=C(F)F)=C2CCC(c3ccccc3)CC2)OC1(C)C. The van der Waals surface area contributed by atoms with E-state index in [4.69, 9.17) is 9.31 Å². The minimum atomic E-state index is -1.70. The molecule has 2 aliphatic rings. The molecule has 0 N–H and O–H groups in total. The molecule has 1 aromatic rings. The minimum Gasteiger partial charge on any atom is -0.399 e. The van der Waals surface area contributed by atoms with Crippen molar-refractivity contribution >= 4 is 7.12 Å². The molecule has 3 rings (SSSR count). The van der Waals surface area contributed by atoms with Gasteiger partial charge in [-0.05, 0) is 70.3 Å².